The van der Waals surface area contributed by atoms with E-state index in [2.05, 4.69) is 5.32 Å². The molecular weight excluding hydrogens is 280 g/mol. The maximum absolute atomic E-state index is 12.2. The van der Waals surface area contributed by atoms with Crippen LogP contribution in [-0.2, 0) is 4.79 Å². The van der Waals surface area contributed by atoms with Gasteiger partial charge in [0, 0.05) is 17.2 Å². The van der Waals surface area contributed by atoms with Crippen molar-refractivity contribution in [1.82, 2.24) is 5.32 Å². The minimum atomic E-state index is -1.07. The Morgan fingerprint density at radius 3 is 2.18 bits per heavy atom. The van der Waals surface area contributed by atoms with Crippen molar-refractivity contribution in [2.24, 2.45) is 0 Å². The summed E-state index contributed by atoms with van der Waals surface area (Å²) >= 11 is 0. The summed E-state index contributed by atoms with van der Waals surface area (Å²) in [5, 5.41) is 12.0. The summed E-state index contributed by atoms with van der Waals surface area (Å²) in [6.45, 7) is 1.78. The van der Waals surface area contributed by atoms with E-state index in [1.807, 2.05) is 30.3 Å². The van der Waals surface area contributed by atoms with Crippen LogP contribution >= 0.6 is 0 Å². The van der Waals surface area contributed by atoms with Crippen LogP contribution in [0.15, 0.2) is 54.6 Å². The van der Waals surface area contributed by atoms with Gasteiger partial charge < -0.3 is 16.2 Å². The Labute approximate surface area is 128 Å². The number of carbonyl (C=O) groups excluding carboxylic acids is 1. The molecule has 2 unspecified atom stereocenters. The van der Waals surface area contributed by atoms with Gasteiger partial charge in [0.15, 0.2) is 0 Å². The van der Waals surface area contributed by atoms with E-state index in [-0.39, 0.29) is 5.92 Å². The maximum atomic E-state index is 12.2. The number of carboxylic acid groups (broad SMARTS) is 1. The van der Waals surface area contributed by atoms with Gasteiger partial charge in [0.05, 0.1) is 0 Å². The fourth-order valence-electron chi connectivity index (χ4n) is 2.21. The van der Waals surface area contributed by atoms with Crippen LogP contribution in [0, 0.1) is 0 Å². The number of carbonyl (C=O) groups is 2. The highest BCUT2D eigenvalue weighted by atomic mass is 16.4. The van der Waals surface area contributed by atoms with Crippen LogP contribution in [0.3, 0.4) is 0 Å². The third kappa shape index (κ3) is 3.63. The van der Waals surface area contributed by atoms with Crippen molar-refractivity contribution in [3.05, 3.63) is 65.7 Å². The summed E-state index contributed by atoms with van der Waals surface area (Å²) in [6.07, 6.45) is 0. The monoisotopic (exact) mass is 298 g/mol. The van der Waals surface area contributed by atoms with Gasteiger partial charge in [0.2, 0.25) is 0 Å². The summed E-state index contributed by atoms with van der Waals surface area (Å²) in [5.41, 5.74) is 7.35. The first kappa shape index (κ1) is 15.6. The van der Waals surface area contributed by atoms with Gasteiger partial charge in [0.25, 0.3) is 5.91 Å². The van der Waals surface area contributed by atoms with Crippen molar-refractivity contribution >= 4 is 17.6 Å². The Morgan fingerprint density at radius 1 is 1.05 bits per heavy atom. The predicted molar refractivity (Wildman–Crippen MR) is 84.6 cm³/mol. The van der Waals surface area contributed by atoms with Gasteiger partial charge in [0.1, 0.15) is 6.04 Å². The number of carboxylic acids is 1. The molecule has 0 aromatic heterocycles. The van der Waals surface area contributed by atoms with E-state index < -0.39 is 17.9 Å². The van der Waals surface area contributed by atoms with Gasteiger partial charge in [-0.05, 0) is 29.8 Å². The quantitative estimate of drug-likeness (QED) is 0.738. The number of benzene rings is 2. The minimum Gasteiger partial charge on any atom is -0.480 e. The lowest BCUT2D eigenvalue weighted by Crippen LogP contribution is -2.44. The van der Waals surface area contributed by atoms with Crippen molar-refractivity contribution < 1.29 is 14.7 Å². The Bertz CT molecular complexity index is 653. The fraction of sp³-hybridized carbons (Fsp3) is 0.176. The van der Waals surface area contributed by atoms with Crippen LogP contribution in [0.4, 0.5) is 5.69 Å². The number of hydrogen-bond acceptors (Lipinski definition) is 3. The van der Waals surface area contributed by atoms with E-state index in [0.29, 0.717) is 11.3 Å². The first-order valence-electron chi connectivity index (χ1n) is 6.93. The predicted octanol–water partition coefficient (Wildman–Crippen LogP) is 2.26. The molecule has 0 aliphatic carbocycles. The zero-order chi connectivity index (χ0) is 16.1. The molecule has 0 radical (unpaired) electrons. The van der Waals surface area contributed by atoms with Gasteiger partial charge in [-0.15, -0.1) is 0 Å². The van der Waals surface area contributed by atoms with E-state index in [1.165, 1.54) is 0 Å². The van der Waals surface area contributed by atoms with Crippen molar-refractivity contribution in [3.63, 3.8) is 0 Å². The molecule has 0 spiro atoms. The smallest absolute Gasteiger partial charge is 0.326 e. The molecule has 0 aliphatic rings. The zero-order valence-electron chi connectivity index (χ0n) is 12.2. The van der Waals surface area contributed by atoms with Gasteiger partial charge in [-0.25, -0.2) is 4.79 Å². The minimum absolute atomic E-state index is 0.351. The van der Waals surface area contributed by atoms with E-state index in [1.54, 1.807) is 31.2 Å². The first-order chi connectivity index (χ1) is 10.5. The van der Waals surface area contributed by atoms with Crippen LogP contribution in [0.25, 0.3) is 0 Å². The average molecular weight is 298 g/mol. The van der Waals surface area contributed by atoms with E-state index in [9.17, 15) is 14.7 Å². The maximum Gasteiger partial charge on any atom is 0.326 e. The fourth-order valence-corrected chi connectivity index (χ4v) is 2.21. The lowest BCUT2D eigenvalue weighted by molar-refractivity contribution is -0.139. The normalized spacial score (nSPS) is 13.1. The highest BCUT2D eigenvalue weighted by Crippen LogP contribution is 2.19. The topological polar surface area (TPSA) is 92.4 Å². The van der Waals surface area contributed by atoms with Gasteiger partial charge in [-0.1, -0.05) is 37.3 Å². The molecule has 2 rings (SSSR count). The molecule has 2 aromatic carbocycles. The third-order valence-corrected chi connectivity index (χ3v) is 3.55. The molecule has 0 bridgehead atoms. The van der Waals surface area contributed by atoms with Gasteiger partial charge in [-0.2, -0.15) is 0 Å². The Morgan fingerprint density at radius 2 is 1.64 bits per heavy atom. The number of nitrogen functional groups attached to an aromatic ring is 1. The average Bonchev–Trinajstić information content (AvgIpc) is 2.53. The number of amides is 1. The van der Waals surface area contributed by atoms with Crippen LogP contribution in [-0.4, -0.2) is 23.0 Å². The largest absolute Gasteiger partial charge is 0.480 e. The molecular formula is C17H18N2O3. The molecule has 0 aliphatic heterocycles. The molecule has 0 saturated heterocycles. The SMILES string of the molecule is CC(c1ccccc1)C(NC(=O)c1ccc(N)cc1)C(=O)O. The molecule has 1 amide bonds. The van der Waals surface area contributed by atoms with Crippen LogP contribution in [0.5, 0.6) is 0 Å². The summed E-state index contributed by atoms with van der Waals surface area (Å²) in [4.78, 5) is 23.7. The molecule has 114 valence electrons. The standard InChI is InChI=1S/C17H18N2O3/c1-11(12-5-3-2-4-6-12)15(17(21)22)19-16(20)13-7-9-14(18)10-8-13/h2-11,15H,18H2,1H3,(H,19,20)(H,21,22). The molecule has 5 heteroatoms. The number of aliphatic carboxylic acids is 1. The Hall–Kier alpha value is -2.82. The van der Waals surface area contributed by atoms with Crippen molar-refractivity contribution in [3.8, 4) is 0 Å². The van der Waals surface area contributed by atoms with Crippen LogP contribution in [0.1, 0.15) is 28.8 Å². The van der Waals surface area contributed by atoms with E-state index in [4.69, 9.17) is 5.73 Å². The molecule has 0 saturated carbocycles. The molecule has 0 fully saturated rings. The van der Waals surface area contributed by atoms with Crippen molar-refractivity contribution in [1.29, 1.82) is 0 Å². The number of nitrogens with two attached hydrogens (primary N) is 1. The number of hydrogen-bond donors (Lipinski definition) is 3. The summed E-state index contributed by atoms with van der Waals surface area (Å²) < 4.78 is 0. The highest BCUT2D eigenvalue weighted by Gasteiger charge is 2.27. The summed E-state index contributed by atoms with van der Waals surface area (Å²) in [6, 6.07) is 14.6. The highest BCUT2D eigenvalue weighted by molar-refractivity contribution is 5.97. The molecule has 2 atom stereocenters. The van der Waals surface area contributed by atoms with E-state index in [0.717, 1.165) is 5.56 Å². The third-order valence-electron chi connectivity index (χ3n) is 3.55. The zero-order valence-corrected chi connectivity index (χ0v) is 12.2. The molecule has 2 aromatic rings. The second-order valence-electron chi connectivity index (χ2n) is 5.11. The summed E-state index contributed by atoms with van der Waals surface area (Å²) in [7, 11) is 0. The Kier molecular flexibility index (Phi) is 4.78. The van der Waals surface area contributed by atoms with Crippen molar-refractivity contribution in [2.75, 3.05) is 5.73 Å². The van der Waals surface area contributed by atoms with Crippen molar-refractivity contribution in [2.45, 2.75) is 18.9 Å². The molecule has 4 N–H and O–H groups in total. The van der Waals surface area contributed by atoms with Crippen LogP contribution < -0.4 is 11.1 Å². The second-order valence-corrected chi connectivity index (χ2v) is 5.11. The number of rotatable bonds is 5. The lowest BCUT2D eigenvalue weighted by Gasteiger charge is -2.22. The summed E-state index contributed by atoms with van der Waals surface area (Å²) in [5.74, 6) is -1.85. The first-order valence-corrected chi connectivity index (χ1v) is 6.93. The number of anilines is 1. The number of nitrogens with one attached hydrogen (secondary N) is 1. The van der Waals surface area contributed by atoms with Crippen LogP contribution in [0.2, 0.25) is 0 Å². The second kappa shape index (κ2) is 6.76. The van der Waals surface area contributed by atoms with Gasteiger partial charge >= 0.3 is 5.97 Å². The molecule has 0 heterocycles. The van der Waals surface area contributed by atoms with Gasteiger partial charge in [-0.3, -0.25) is 4.79 Å². The molecule has 22 heavy (non-hydrogen) atoms. The lowest BCUT2D eigenvalue weighted by atomic mass is 9.93. The molecule has 5 nitrogen and oxygen atoms in total. The van der Waals surface area contributed by atoms with E-state index >= 15 is 0 Å². The Balaban J connectivity index is 2.17.